The molecular weight excluding hydrogens is 605 g/mol. The number of benzene rings is 8. The molecule has 10 rings (SSSR count). The van der Waals surface area contributed by atoms with Gasteiger partial charge in [0, 0.05) is 32.8 Å². The molecule has 2 nitrogen and oxygen atoms in total. The van der Waals surface area contributed by atoms with Crippen LogP contribution in [0.5, 0.6) is 0 Å². The van der Waals surface area contributed by atoms with Crippen LogP contribution in [0, 0.1) is 0 Å². The number of fused-ring (bicyclic) bond motifs is 7. The van der Waals surface area contributed by atoms with E-state index in [9.17, 15) is 0 Å². The van der Waals surface area contributed by atoms with Crippen molar-refractivity contribution in [2.24, 2.45) is 0 Å². The molecule has 0 fully saturated rings. The Bertz CT molecular complexity index is 2860. The van der Waals surface area contributed by atoms with Crippen molar-refractivity contribution in [3.63, 3.8) is 0 Å². The van der Waals surface area contributed by atoms with Gasteiger partial charge in [-0.1, -0.05) is 152 Å². The lowest BCUT2D eigenvalue weighted by atomic mass is 9.98. The summed E-state index contributed by atoms with van der Waals surface area (Å²) in [5, 5.41) is 5.00. The molecule has 8 aromatic carbocycles. The van der Waals surface area contributed by atoms with Gasteiger partial charge in [-0.2, -0.15) is 0 Å². The third-order valence-electron chi connectivity index (χ3n) is 10.1. The van der Waals surface area contributed by atoms with E-state index < -0.39 is 0 Å². The van der Waals surface area contributed by atoms with Gasteiger partial charge in [-0.25, -0.2) is 0 Å². The van der Waals surface area contributed by atoms with Gasteiger partial charge in [-0.15, -0.1) is 0 Å². The van der Waals surface area contributed by atoms with E-state index in [1.165, 1.54) is 82.7 Å². The first kappa shape index (κ1) is 28.4. The van der Waals surface area contributed by atoms with Crippen molar-refractivity contribution in [3.05, 3.63) is 194 Å². The molecule has 0 radical (unpaired) electrons. The van der Waals surface area contributed by atoms with E-state index in [1.807, 2.05) is 0 Å². The molecule has 0 bridgehead atoms. The predicted octanol–water partition coefficient (Wildman–Crippen LogP) is 12.9. The normalized spacial score (nSPS) is 11.6. The molecule has 50 heavy (non-hydrogen) atoms. The first-order chi connectivity index (χ1) is 24.8. The van der Waals surface area contributed by atoms with Crippen molar-refractivity contribution in [1.82, 2.24) is 9.13 Å². The van der Waals surface area contributed by atoms with Gasteiger partial charge in [-0.05, 0) is 70.3 Å². The second kappa shape index (κ2) is 11.5. The predicted molar refractivity (Wildman–Crippen MR) is 211 cm³/mol. The summed E-state index contributed by atoms with van der Waals surface area (Å²) >= 11 is 0. The van der Waals surface area contributed by atoms with Crippen molar-refractivity contribution < 1.29 is 0 Å². The summed E-state index contributed by atoms with van der Waals surface area (Å²) in [5.41, 5.74) is 14.4. The summed E-state index contributed by atoms with van der Waals surface area (Å²) in [4.78, 5) is 0. The third kappa shape index (κ3) is 4.43. The van der Waals surface area contributed by atoms with Gasteiger partial charge in [0.15, 0.2) is 0 Å². The molecule has 0 N–H and O–H groups in total. The van der Waals surface area contributed by atoms with E-state index in [-0.39, 0.29) is 0 Å². The Balaban J connectivity index is 1.28. The number of rotatable bonds is 5. The Morgan fingerprint density at radius 3 is 1.62 bits per heavy atom. The molecule has 0 aliphatic rings. The van der Waals surface area contributed by atoms with Gasteiger partial charge in [0.05, 0.1) is 27.8 Å². The summed E-state index contributed by atoms with van der Waals surface area (Å²) in [6.45, 7) is 0. The van der Waals surface area contributed by atoms with Crippen LogP contribution < -0.4 is 0 Å². The zero-order valence-electron chi connectivity index (χ0n) is 27.4. The Morgan fingerprint density at radius 1 is 0.300 bits per heavy atom. The van der Waals surface area contributed by atoms with Crippen molar-refractivity contribution in [3.8, 4) is 44.8 Å². The van der Waals surface area contributed by atoms with E-state index in [0.29, 0.717) is 0 Å². The van der Waals surface area contributed by atoms with Crippen LogP contribution in [-0.2, 0) is 0 Å². The highest BCUT2D eigenvalue weighted by molar-refractivity contribution is 6.26. The summed E-state index contributed by atoms with van der Waals surface area (Å²) in [7, 11) is 0. The van der Waals surface area contributed by atoms with Crippen LogP contribution in [0.3, 0.4) is 0 Å². The van der Waals surface area contributed by atoms with Crippen LogP contribution in [0.2, 0.25) is 0 Å². The molecule has 234 valence electrons. The minimum absolute atomic E-state index is 1.15. The second-order valence-corrected chi connectivity index (χ2v) is 12.9. The Kier molecular flexibility index (Phi) is 6.53. The quantitative estimate of drug-likeness (QED) is 0.178. The number of nitrogens with zero attached hydrogens (tertiary/aromatic N) is 2. The molecule has 2 aromatic heterocycles. The maximum absolute atomic E-state index is 2.51. The lowest BCUT2D eigenvalue weighted by Crippen LogP contribution is -1.98. The highest BCUT2D eigenvalue weighted by Gasteiger charge is 2.22. The number of hydrogen-bond donors (Lipinski definition) is 0. The minimum Gasteiger partial charge on any atom is -0.309 e. The van der Waals surface area contributed by atoms with Gasteiger partial charge in [0.25, 0.3) is 0 Å². The van der Waals surface area contributed by atoms with Gasteiger partial charge in [0.1, 0.15) is 0 Å². The fourth-order valence-corrected chi connectivity index (χ4v) is 7.90. The molecule has 0 aliphatic heterocycles. The first-order valence-electron chi connectivity index (χ1n) is 17.2. The number of aromatic nitrogens is 2. The fraction of sp³-hybridized carbons (Fsp3) is 0. The maximum atomic E-state index is 2.51. The van der Waals surface area contributed by atoms with Gasteiger partial charge >= 0.3 is 0 Å². The zero-order chi connectivity index (χ0) is 33.0. The van der Waals surface area contributed by atoms with Crippen LogP contribution in [-0.4, -0.2) is 9.13 Å². The zero-order valence-corrected chi connectivity index (χ0v) is 27.4. The summed E-state index contributed by atoms with van der Waals surface area (Å²) in [6, 6.07) is 70.4. The molecule has 0 aliphatic carbocycles. The average Bonchev–Trinajstić information content (AvgIpc) is 3.72. The molecule has 2 heterocycles. The molecule has 0 spiro atoms. The third-order valence-corrected chi connectivity index (χ3v) is 10.1. The average molecular weight is 637 g/mol. The van der Waals surface area contributed by atoms with Crippen LogP contribution in [0.25, 0.3) is 88.4 Å². The molecule has 10 aromatic rings. The molecule has 0 amide bonds. The Morgan fingerprint density at radius 2 is 0.860 bits per heavy atom. The van der Waals surface area contributed by atoms with E-state index in [4.69, 9.17) is 0 Å². The van der Waals surface area contributed by atoms with E-state index in [2.05, 4.69) is 203 Å². The molecule has 0 unspecified atom stereocenters. The van der Waals surface area contributed by atoms with E-state index >= 15 is 0 Å². The van der Waals surface area contributed by atoms with Crippen LogP contribution >= 0.6 is 0 Å². The lowest BCUT2D eigenvalue weighted by Gasteiger charge is -2.15. The van der Waals surface area contributed by atoms with Gasteiger partial charge < -0.3 is 9.13 Å². The first-order valence-corrected chi connectivity index (χ1v) is 17.2. The molecule has 0 atom stereocenters. The molecule has 0 saturated carbocycles. The summed E-state index contributed by atoms with van der Waals surface area (Å²) in [5.74, 6) is 0. The highest BCUT2D eigenvalue weighted by Crippen LogP contribution is 2.43. The van der Waals surface area contributed by atoms with Crippen molar-refractivity contribution in [2.75, 3.05) is 0 Å². The lowest BCUT2D eigenvalue weighted by molar-refractivity contribution is 1.17. The number of hydrogen-bond acceptors (Lipinski definition) is 0. The molecular formula is C48H32N2. The molecule has 0 saturated heterocycles. The standard InChI is InChI=1S/C48H32N2/c1-3-15-33(16-4-1)35-19-13-21-37(31-35)39-23-7-10-26-43(39)50-44-27-11-8-24-40(44)41-29-30-46-47(48(41)50)42-25-9-12-28-45(42)49(46)38-22-14-20-36(32-38)34-17-5-2-6-18-34/h1-32H. The van der Waals surface area contributed by atoms with Crippen LogP contribution in [0.1, 0.15) is 0 Å². The topological polar surface area (TPSA) is 9.86 Å². The monoisotopic (exact) mass is 636 g/mol. The SMILES string of the molecule is c1ccc(-c2cccc(-c3ccccc3-n3c4ccccc4c4ccc5c(c6ccccc6n5-c5cccc(-c6ccccc6)c5)c43)c2)cc1. The fourth-order valence-electron chi connectivity index (χ4n) is 7.90. The molecule has 2 heteroatoms. The highest BCUT2D eigenvalue weighted by atomic mass is 15.0. The maximum Gasteiger partial charge on any atom is 0.0641 e. The second-order valence-electron chi connectivity index (χ2n) is 12.9. The van der Waals surface area contributed by atoms with E-state index in [0.717, 1.165) is 5.69 Å². The van der Waals surface area contributed by atoms with Crippen LogP contribution in [0.15, 0.2) is 194 Å². The van der Waals surface area contributed by atoms with Crippen molar-refractivity contribution in [2.45, 2.75) is 0 Å². The summed E-state index contributed by atoms with van der Waals surface area (Å²) < 4.78 is 4.95. The van der Waals surface area contributed by atoms with E-state index in [1.54, 1.807) is 0 Å². The summed E-state index contributed by atoms with van der Waals surface area (Å²) in [6.07, 6.45) is 0. The Labute approximate surface area is 290 Å². The number of para-hydroxylation sites is 3. The van der Waals surface area contributed by atoms with Gasteiger partial charge in [0.2, 0.25) is 0 Å². The van der Waals surface area contributed by atoms with Crippen molar-refractivity contribution >= 4 is 43.6 Å². The Hall–Kier alpha value is -6.64. The van der Waals surface area contributed by atoms with Crippen LogP contribution in [0.4, 0.5) is 0 Å². The largest absolute Gasteiger partial charge is 0.309 e. The minimum atomic E-state index is 1.15. The van der Waals surface area contributed by atoms with Gasteiger partial charge in [-0.3, -0.25) is 0 Å². The van der Waals surface area contributed by atoms with Crippen molar-refractivity contribution in [1.29, 1.82) is 0 Å². The smallest absolute Gasteiger partial charge is 0.0641 e.